The van der Waals surface area contributed by atoms with E-state index in [0.717, 1.165) is 11.1 Å². The van der Waals surface area contributed by atoms with Crippen LogP contribution in [-0.2, 0) is 14.8 Å². The zero-order valence-corrected chi connectivity index (χ0v) is 11.7. The molecular weight excluding hydrogens is 270 g/mol. The van der Waals surface area contributed by atoms with E-state index in [2.05, 4.69) is 0 Å². The highest BCUT2D eigenvalue weighted by atomic mass is 32.2. The molecule has 2 N–H and O–H groups in total. The molecule has 0 bridgehead atoms. The van der Waals surface area contributed by atoms with Gasteiger partial charge in [0.2, 0.25) is 10.0 Å². The van der Waals surface area contributed by atoms with Crippen LogP contribution in [0.25, 0.3) is 0 Å². The Kier molecular flexibility index (Phi) is 4.67. The molecule has 0 spiro atoms. The van der Waals surface area contributed by atoms with E-state index in [1.165, 1.54) is 19.1 Å². The number of nitrogens with one attached hydrogen (secondary N) is 1. The topological polar surface area (TPSA) is 107 Å². The Morgan fingerprint density at radius 3 is 2.32 bits per heavy atom. The van der Waals surface area contributed by atoms with E-state index in [0.29, 0.717) is 0 Å². The Bertz CT molecular complexity index is 580. The van der Waals surface area contributed by atoms with E-state index in [9.17, 15) is 23.4 Å². The molecule has 6 nitrogen and oxygen atoms in total. The summed E-state index contributed by atoms with van der Waals surface area (Å²) in [7, 11) is -4.02. The number of carboxylic acids is 1. The van der Waals surface area contributed by atoms with Crippen molar-refractivity contribution in [1.82, 2.24) is 4.72 Å². The lowest BCUT2D eigenvalue weighted by Gasteiger charge is -2.22. The van der Waals surface area contributed by atoms with Crippen LogP contribution in [0.3, 0.4) is 0 Å². The van der Waals surface area contributed by atoms with Crippen molar-refractivity contribution in [3.05, 3.63) is 29.3 Å². The van der Waals surface area contributed by atoms with Crippen LogP contribution in [0.5, 0.6) is 0 Å². The van der Waals surface area contributed by atoms with Gasteiger partial charge in [-0.25, -0.2) is 8.42 Å². The highest BCUT2D eigenvalue weighted by Gasteiger charge is 2.24. The number of carbonyl (C=O) groups excluding carboxylic acids is 1. The van der Waals surface area contributed by atoms with Crippen LogP contribution in [-0.4, -0.2) is 31.6 Å². The molecule has 106 valence electrons. The SMILES string of the molecule is Cc1ccc(S(=O)(=O)N[C@@H](C(=O)[O-])[C@H](C)O)cc1C. The Morgan fingerprint density at radius 2 is 1.89 bits per heavy atom. The minimum absolute atomic E-state index is 0.0532. The van der Waals surface area contributed by atoms with Gasteiger partial charge in [0.1, 0.15) is 0 Å². The second-order valence-electron chi connectivity index (χ2n) is 4.40. The Balaban J connectivity index is 3.10. The molecule has 19 heavy (non-hydrogen) atoms. The number of aryl methyl sites for hydroxylation is 2. The summed E-state index contributed by atoms with van der Waals surface area (Å²) in [6.45, 7) is 4.75. The number of aliphatic carboxylic acids is 1. The summed E-state index contributed by atoms with van der Waals surface area (Å²) in [5.41, 5.74) is 1.69. The number of carboxylic acid groups (broad SMARTS) is 1. The maximum atomic E-state index is 12.0. The number of hydrogen-bond acceptors (Lipinski definition) is 5. The predicted octanol–water partition coefficient (Wildman–Crippen LogP) is -0.919. The molecule has 0 saturated carbocycles. The van der Waals surface area contributed by atoms with E-state index in [1.54, 1.807) is 13.0 Å². The molecule has 0 unspecified atom stereocenters. The van der Waals surface area contributed by atoms with Gasteiger partial charge in [0.05, 0.1) is 23.0 Å². The second kappa shape index (κ2) is 5.68. The lowest BCUT2D eigenvalue weighted by atomic mass is 10.1. The van der Waals surface area contributed by atoms with Crippen LogP contribution in [0.1, 0.15) is 18.1 Å². The standard InChI is InChI=1S/C12H17NO5S/c1-7-4-5-10(6-8(7)2)19(17,18)13-11(9(3)14)12(15)16/h4-6,9,11,13-14H,1-3H3,(H,15,16)/p-1/t9-,11+/m0/s1. The summed E-state index contributed by atoms with van der Waals surface area (Å²) in [6, 6.07) is 2.75. The van der Waals surface area contributed by atoms with Gasteiger partial charge >= 0.3 is 0 Å². The molecule has 1 aromatic rings. The smallest absolute Gasteiger partial charge is 0.241 e. The maximum absolute atomic E-state index is 12.0. The van der Waals surface area contributed by atoms with Gasteiger partial charge in [-0.15, -0.1) is 0 Å². The number of aliphatic hydroxyl groups excluding tert-OH is 1. The zero-order chi connectivity index (χ0) is 14.8. The monoisotopic (exact) mass is 286 g/mol. The molecule has 0 saturated heterocycles. The van der Waals surface area contributed by atoms with Crippen molar-refractivity contribution in [2.75, 3.05) is 0 Å². The molecule has 0 fully saturated rings. The molecule has 0 aliphatic heterocycles. The summed E-state index contributed by atoms with van der Waals surface area (Å²) in [4.78, 5) is 10.7. The van der Waals surface area contributed by atoms with Crippen LogP contribution in [0.15, 0.2) is 23.1 Å². The fraction of sp³-hybridized carbons (Fsp3) is 0.417. The molecule has 7 heteroatoms. The van der Waals surface area contributed by atoms with Crippen molar-refractivity contribution >= 4 is 16.0 Å². The molecule has 0 aromatic heterocycles. The van der Waals surface area contributed by atoms with Crippen molar-refractivity contribution in [1.29, 1.82) is 0 Å². The Morgan fingerprint density at radius 1 is 1.32 bits per heavy atom. The lowest BCUT2D eigenvalue weighted by molar-refractivity contribution is -0.309. The van der Waals surface area contributed by atoms with Crippen LogP contribution < -0.4 is 9.83 Å². The molecule has 1 aromatic carbocycles. The van der Waals surface area contributed by atoms with Gasteiger partial charge in [-0.2, -0.15) is 4.72 Å². The zero-order valence-electron chi connectivity index (χ0n) is 10.9. The Labute approximate surface area is 112 Å². The maximum Gasteiger partial charge on any atom is 0.241 e. The quantitative estimate of drug-likeness (QED) is 0.728. The largest absolute Gasteiger partial charge is 0.548 e. The van der Waals surface area contributed by atoms with E-state index in [-0.39, 0.29) is 4.90 Å². The van der Waals surface area contributed by atoms with Gasteiger partial charge in [-0.05, 0) is 44.0 Å². The number of aliphatic hydroxyl groups is 1. The highest BCUT2D eigenvalue weighted by molar-refractivity contribution is 7.89. The van der Waals surface area contributed by atoms with E-state index in [1.807, 2.05) is 11.6 Å². The second-order valence-corrected chi connectivity index (χ2v) is 6.12. The van der Waals surface area contributed by atoms with Crippen molar-refractivity contribution in [2.24, 2.45) is 0 Å². The Hall–Kier alpha value is -1.44. The summed E-state index contributed by atoms with van der Waals surface area (Å²) in [6.07, 6.45) is -1.40. The van der Waals surface area contributed by atoms with Gasteiger partial charge in [0.25, 0.3) is 0 Å². The van der Waals surface area contributed by atoms with Crippen LogP contribution in [0.2, 0.25) is 0 Å². The first-order valence-corrected chi connectivity index (χ1v) is 7.12. The van der Waals surface area contributed by atoms with E-state index < -0.39 is 28.1 Å². The molecule has 0 heterocycles. The third-order valence-electron chi connectivity index (χ3n) is 2.81. The van der Waals surface area contributed by atoms with Crippen LogP contribution in [0.4, 0.5) is 0 Å². The first kappa shape index (κ1) is 15.6. The van der Waals surface area contributed by atoms with Crippen molar-refractivity contribution in [3.63, 3.8) is 0 Å². The molecular formula is C12H16NO5S-. The normalized spacial score (nSPS) is 14.9. The summed E-state index contributed by atoms with van der Waals surface area (Å²) >= 11 is 0. The molecule has 0 aliphatic rings. The van der Waals surface area contributed by atoms with Gasteiger partial charge in [0, 0.05) is 0 Å². The fourth-order valence-electron chi connectivity index (χ4n) is 1.46. The first-order chi connectivity index (χ1) is 8.65. The van der Waals surface area contributed by atoms with Crippen molar-refractivity contribution in [3.8, 4) is 0 Å². The number of sulfonamides is 1. The third kappa shape index (κ3) is 3.76. The van der Waals surface area contributed by atoms with E-state index >= 15 is 0 Å². The fourth-order valence-corrected chi connectivity index (χ4v) is 2.80. The van der Waals surface area contributed by atoms with Gasteiger partial charge in [0.15, 0.2) is 0 Å². The highest BCUT2D eigenvalue weighted by Crippen LogP contribution is 2.15. The number of rotatable bonds is 5. The van der Waals surface area contributed by atoms with Gasteiger partial charge < -0.3 is 15.0 Å². The average molecular weight is 286 g/mol. The summed E-state index contributed by atoms with van der Waals surface area (Å²) < 4.78 is 25.9. The van der Waals surface area contributed by atoms with Crippen LogP contribution in [0, 0.1) is 13.8 Å². The minimum Gasteiger partial charge on any atom is -0.548 e. The molecule has 0 radical (unpaired) electrons. The summed E-state index contributed by atoms with van der Waals surface area (Å²) in [5, 5.41) is 20.0. The molecule has 0 aliphatic carbocycles. The minimum atomic E-state index is -4.02. The summed E-state index contributed by atoms with van der Waals surface area (Å²) in [5.74, 6) is -1.68. The first-order valence-electron chi connectivity index (χ1n) is 5.63. The third-order valence-corrected chi connectivity index (χ3v) is 4.25. The van der Waals surface area contributed by atoms with E-state index in [4.69, 9.17) is 0 Å². The number of benzene rings is 1. The van der Waals surface area contributed by atoms with Gasteiger partial charge in [-0.3, -0.25) is 0 Å². The molecule has 2 atom stereocenters. The van der Waals surface area contributed by atoms with Crippen molar-refractivity contribution < 1.29 is 23.4 Å². The number of hydrogen-bond donors (Lipinski definition) is 2. The van der Waals surface area contributed by atoms with Gasteiger partial charge in [-0.1, -0.05) is 6.07 Å². The lowest BCUT2D eigenvalue weighted by Crippen LogP contribution is -2.53. The average Bonchev–Trinajstić information content (AvgIpc) is 2.28. The predicted molar refractivity (Wildman–Crippen MR) is 66.7 cm³/mol. The molecule has 0 amide bonds. The number of carbonyl (C=O) groups is 1. The van der Waals surface area contributed by atoms with Crippen LogP contribution >= 0.6 is 0 Å². The van der Waals surface area contributed by atoms with Crippen molar-refractivity contribution in [2.45, 2.75) is 37.8 Å². The molecule has 1 rings (SSSR count).